The van der Waals surface area contributed by atoms with Gasteiger partial charge in [0.25, 0.3) is 0 Å². The third-order valence-corrected chi connectivity index (χ3v) is 9.38. The minimum Gasteiger partial charge on any atom is -0.394 e. The lowest BCUT2D eigenvalue weighted by Gasteiger charge is -2.49. The first-order chi connectivity index (χ1) is 20.7. The van der Waals surface area contributed by atoms with Crippen LogP contribution in [0.3, 0.4) is 0 Å². The summed E-state index contributed by atoms with van der Waals surface area (Å²) < 4.78 is 57.2. The molecule has 0 saturated carbocycles. The molecule has 3 heterocycles. The van der Waals surface area contributed by atoms with Crippen molar-refractivity contribution < 1.29 is 73.0 Å². The Labute approximate surface area is 252 Å². The van der Waals surface area contributed by atoms with E-state index >= 15 is 0 Å². The molecule has 0 bridgehead atoms. The fourth-order valence-corrected chi connectivity index (χ4v) is 6.49. The van der Waals surface area contributed by atoms with Crippen molar-refractivity contribution in [3.8, 4) is 0 Å². The van der Waals surface area contributed by atoms with Gasteiger partial charge in [-0.15, -0.1) is 0 Å². The lowest BCUT2D eigenvalue weighted by Crippen LogP contribution is -2.70. The highest BCUT2D eigenvalue weighted by Gasteiger charge is 2.54. The van der Waals surface area contributed by atoms with Crippen molar-refractivity contribution in [2.75, 3.05) is 19.8 Å². The minimum absolute atomic E-state index is 0.198. The fourth-order valence-electron chi connectivity index (χ4n) is 5.25. The SMILES string of the molecule is Cc1ccc(S(=O)(=O)N[C@H]2[C@H](OC3[C@@H](CO)O[C@@H](O)[C@H](N)[C@H]3O)O[C@H](CO)C(O[C@@H]3O[C@H](CO)[C@@H](O)[C@H](O)[C@H]3N)[C@@H]2O)cc1. The average Bonchev–Trinajstić information content (AvgIpc) is 3.00. The number of nitrogens with one attached hydrogen (secondary N) is 1. The highest BCUT2D eigenvalue weighted by Crippen LogP contribution is 2.32. The van der Waals surface area contributed by atoms with E-state index in [0.717, 1.165) is 5.56 Å². The molecule has 13 N–H and O–H groups in total. The van der Waals surface area contributed by atoms with Crippen LogP contribution in [0.15, 0.2) is 29.2 Å². The number of rotatable bonds is 10. The number of aliphatic hydroxyl groups is 8. The van der Waals surface area contributed by atoms with Gasteiger partial charge in [-0.25, -0.2) is 13.1 Å². The van der Waals surface area contributed by atoms with E-state index < -0.39 is 122 Å². The Kier molecular flexibility index (Phi) is 11.7. The number of aliphatic hydroxyl groups excluding tert-OH is 8. The lowest BCUT2D eigenvalue weighted by molar-refractivity contribution is -0.349. The molecule has 4 rings (SSSR count). The monoisotopic (exact) mass is 655 g/mol. The van der Waals surface area contributed by atoms with Gasteiger partial charge in [-0.1, -0.05) is 17.7 Å². The van der Waals surface area contributed by atoms with Gasteiger partial charge in [-0.05, 0) is 19.1 Å². The van der Waals surface area contributed by atoms with Crippen LogP contribution in [0.4, 0.5) is 0 Å². The molecule has 0 spiro atoms. The third-order valence-electron chi connectivity index (χ3n) is 7.91. The smallest absolute Gasteiger partial charge is 0.241 e. The number of nitrogens with two attached hydrogens (primary N) is 2. The van der Waals surface area contributed by atoms with Gasteiger partial charge < -0.3 is 76.0 Å². The summed E-state index contributed by atoms with van der Waals surface area (Å²) in [6.07, 6.45) is -19.1. The topological polar surface area (TPSA) is 306 Å². The molecule has 1 aromatic carbocycles. The van der Waals surface area contributed by atoms with Crippen LogP contribution < -0.4 is 16.2 Å². The van der Waals surface area contributed by atoms with Gasteiger partial charge in [-0.3, -0.25) is 0 Å². The zero-order valence-corrected chi connectivity index (χ0v) is 24.4. The number of sulfonamides is 1. The molecule has 0 aliphatic carbocycles. The molecule has 3 aliphatic rings. The first kappa shape index (κ1) is 35.4. The van der Waals surface area contributed by atoms with Crippen LogP contribution in [0.1, 0.15) is 5.56 Å². The van der Waals surface area contributed by atoms with Crippen LogP contribution in [0.5, 0.6) is 0 Å². The van der Waals surface area contributed by atoms with Crippen molar-refractivity contribution in [2.24, 2.45) is 11.5 Å². The van der Waals surface area contributed by atoms with E-state index in [-0.39, 0.29) is 4.90 Å². The van der Waals surface area contributed by atoms with Gasteiger partial charge in [0.05, 0.1) is 36.8 Å². The second-order valence-electron chi connectivity index (χ2n) is 11.0. The zero-order valence-electron chi connectivity index (χ0n) is 23.6. The predicted octanol–water partition coefficient (Wildman–Crippen LogP) is -6.35. The number of ether oxygens (including phenoxy) is 5. The highest BCUT2D eigenvalue weighted by molar-refractivity contribution is 7.89. The predicted molar refractivity (Wildman–Crippen MR) is 144 cm³/mol. The van der Waals surface area contributed by atoms with Crippen LogP contribution in [-0.2, 0) is 33.7 Å². The maximum Gasteiger partial charge on any atom is 0.241 e. The van der Waals surface area contributed by atoms with Gasteiger partial charge >= 0.3 is 0 Å². The molecule has 3 saturated heterocycles. The van der Waals surface area contributed by atoms with Gasteiger partial charge in [-0.2, -0.15) is 0 Å². The Morgan fingerprint density at radius 1 is 0.727 bits per heavy atom. The molecule has 0 amide bonds. The van der Waals surface area contributed by atoms with Crippen LogP contribution in [0, 0.1) is 6.92 Å². The van der Waals surface area contributed by atoms with Gasteiger partial charge in [0.2, 0.25) is 10.0 Å². The van der Waals surface area contributed by atoms with Crippen molar-refractivity contribution in [3.05, 3.63) is 29.8 Å². The van der Waals surface area contributed by atoms with E-state index in [4.69, 9.17) is 35.2 Å². The Balaban J connectivity index is 1.66. The molecule has 18 nitrogen and oxygen atoms in total. The molecule has 252 valence electrons. The Morgan fingerprint density at radius 3 is 1.84 bits per heavy atom. The van der Waals surface area contributed by atoms with Crippen LogP contribution >= 0.6 is 0 Å². The summed E-state index contributed by atoms with van der Waals surface area (Å²) in [5.41, 5.74) is 12.5. The summed E-state index contributed by atoms with van der Waals surface area (Å²) in [6, 6.07) is 1.14. The molecule has 2 unspecified atom stereocenters. The van der Waals surface area contributed by atoms with E-state index in [1.165, 1.54) is 24.3 Å². The largest absolute Gasteiger partial charge is 0.394 e. The van der Waals surface area contributed by atoms with Crippen molar-refractivity contribution in [1.29, 1.82) is 0 Å². The van der Waals surface area contributed by atoms with Crippen LogP contribution in [0.25, 0.3) is 0 Å². The van der Waals surface area contributed by atoms with Crippen molar-refractivity contribution in [3.63, 3.8) is 0 Å². The lowest BCUT2D eigenvalue weighted by atomic mass is 9.94. The normalized spacial score (nSPS) is 43.6. The van der Waals surface area contributed by atoms with Crippen molar-refractivity contribution in [2.45, 2.75) is 104 Å². The molecule has 1 aromatic rings. The van der Waals surface area contributed by atoms with Crippen LogP contribution in [0.2, 0.25) is 0 Å². The summed E-state index contributed by atoms with van der Waals surface area (Å²) >= 11 is 0. The number of hydrogen-bond acceptors (Lipinski definition) is 17. The molecule has 3 aliphatic heterocycles. The fraction of sp³-hybridized carbons (Fsp3) is 0.760. The molecule has 0 aromatic heterocycles. The molecular weight excluding hydrogens is 614 g/mol. The first-order valence-corrected chi connectivity index (χ1v) is 15.3. The average molecular weight is 656 g/mol. The van der Waals surface area contributed by atoms with Crippen molar-refractivity contribution >= 4 is 10.0 Å². The number of aryl methyl sites for hydroxylation is 1. The standard InChI is InChI=1S/C25H41N3O15S/c1-9-2-4-10(5-3-9)44(37,38)28-16-20(35)22(42-24-15(27)18(33)17(32)11(6-29)40-24)13(8-31)41-25(16)43-21-12(7-30)39-23(36)14(26)19(21)34/h2-5,11-25,28-36H,6-8,26-27H2,1H3/t11-,12-,13-,14-,15-,16-,17-,18-,19-,20-,21?,22?,23-,24+,25+/m1/s1. The van der Waals surface area contributed by atoms with Gasteiger partial charge in [0.15, 0.2) is 18.9 Å². The van der Waals surface area contributed by atoms with Gasteiger partial charge in [0.1, 0.15) is 61.0 Å². The summed E-state index contributed by atoms with van der Waals surface area (Å²) in [6.45, 7) is -0.606. The van der Waals surface area contributed by atoms with E-state index in [1.54, 1.807) is 6.92 Å². The molecule has 15 atom stereocenters. The highest BCUT2D eigenvalue weighted by atomic mass is 32.2. The number of benzene rings is 1. The Bertz CT molecular complexity index is 1180. The second kappa shape index (κ2) is 14.5. The zero-order chi connectivity index (χ0) is 32.5. The van der Waals surface area contributed by atoms with E-state index in [0.29, 0.717) is 0 Å². The maximum absolute atomic E-state index is 13.4. The second-order valence-corrected chi connectivity index (χ2v) is 12.7. The summed E-state index contributed by atoms with van der Waals surface area (Å²) in [7, 11) is -4.41. The Morgan fingerprint density at radius 2 is 1.25 bits per heavy atom. The Hall–Kier alpha value is -1.47. The molecule has 3 fully saturated rings. The van der Waals surface area contributed by atoms with E-state index in [1.807, 2.05) is 0 Å². The van der Waals surface area contributed by atoms with Crippen LogP contribution in [-0.4, -0.2) is 161 Å². The minimum atomic E-state index is -4.41. The molecular formula is C25H41N3O15S. The molecule has 0 radical (unpaired) electrons. The molecule has 44 heavy (non-hydrogen) atoms. The third kappa shape index (κ3) is 7.24. The first-order valence-electron chi connectivity index (χ1n) is 13.8. The van der Waals surface area contributed by atoms with Crippen molar-refractivity contribution in [1.82, 2.24) is 4.72 Å². The van der Waals surface area contributed by atoms with Gasteiger partial charge in [0, 0.05) is 0 Å². The summed E-state index contributed by atoms with van der Waals surface area (Å²) in [4.78, 5) is -0.198. The molecule has 19 heteroatoms. The summed E-state index contributed by atoms with van der Waals surface area (Å²) in [5.74, 6) is 0. The van der Waals surface area contributed by atoms with E-state index in [2.05, 4.69) is 4.72 Å². The quantitative estimate of drug-likeness (QED) is 0.112. The number of hydrogen-bond donors (Lipinski definition) is 11. The summed E-state index contributed by atoms with van der Waals surface area (Å²) in [5, 5.41) is 82.2. The maximum atomic E-state index is 13.4. The van der Waals surface area contributed by atoms with E-state index in [9.17, 15) is 49.3 Å².